The summed E-state index contributed by atoms with van der Waals surface area (Å²) in [4.78, 5) is 70.4. The molecular weight excluding hydrogens is 606 g/mol. The van der Waals surface area contributed by atoms with Gasteiger partial charge in [-0.2, -0.15) is 0 Å². The number of esters is 6. The van der Waals surface area contributed by atoms with Crippen LogP contribution in [0.4, 0.5) is 0 Å². The zero-order chi connectivity index (χ0) is 33.3. The Hall–Kier alpha value is -4.42. The van der Waals surface area contributed by atoms with Crippen LogP contribution in [0, 0.1) is 0 Å². The first-order valence-electron chi connectivity index (χ1n) is 13.7. The summed E-state index contributed by atoms with van der Waals surface area (Å²) in [6.45, 7) is 6.19. The lowest BCUT2D eigenvalue weighted by atomic mass is 9.97. The van der Waals surface area contributed by atoms with E-state index >= 15 is 0 Å². The molecule has 0 spiro atoms. The Bertz CT molecular complexity index is 1280. The smallest absolute Gasteiger partial charge is 0.303 e. The maximum atomic E-state index is 12.1. The lowest BCUT2D eigenvalue weighted by molar-refractivity contribution is -0.270. The summed E-state index contributed by atoms with van der Waals surface area (Å²) in [5, 5.41) is 8.09. The lowest BCUT2D eigenvalue weighted by Crippen LogP contribution is -2.60. The quantitative estimate of drug-likeness (QED) is 0.164. The van der Waals surface area contributed by atoms with Gasteiger partial charge in [0.05, 0.1) is 12.8 Å². The van der Waals surface area contributed by atoms with Gasteiger partial charge in [-0.15, -0.1) is 5.10 Å². The molecule has 0 bridgehead atoms. The summed E-state index contributed by atoms with van der Waals surface area (Å²) in [7, 11) is 0. The predicted octanol–water partition coefficient (Wildman–Crippen LogP) is -0.174. The van der Waals surface area contributed by atoms with Crippen LogP contribution < -0.4 is 0 Å². The number of nitrogens with zero attached hydrogens (tertiary/aromatic N) is 3. The van der Waals surface area contributed by atoms with E-state index < -0.39 is 91.6 Å². The van der Waals surface area contributed by atoms with Crippen molar-refractivity contribution in [2.24, 2.45) is 0 Å². The van der Waals surface area contributed by atoms with Gasteiger partial charge in [-0.3, -0.25) is 28.8 Å². The largest absolute Gasteiger partial charge is 0.463 e. The zero-order valence-corrected chi connectivity index (χ0v) is 25.4. The summed E-state index contributed by atoms with van der Waals surface area (Å²) < 4.78 is 50.3. The van der Waals surface area contributed by atoms with Gasteiger partial charge in [0.15, 0.2) is 30.8 Å². The van der Waals surface area contributed by atoms with E-state index in [1.165, 1.54) is 36.9 Å². The molecule has 0 aliphatic carbocycles. The normalized spacial score (nSPS) is 27.5. The van der Waals surface area contributed by atoms with E-state index in [4.69, 9.17) is 42.6 Å². The minimum Gasteiger partial charge on any atom is -0.463 e. The number of hydrogen-bond donors (Lipinski definition) is 0. The molecule has 1 aromatic rings. The monoisotopic (exact) mass is 641 g/mol. The second kappa shape index (κ2) is 16.1. The van der Waals surface area contributed by atoms with Gasteiger partial charge < -0.3 is 42.6 Å². The molecule has 2 aliphatic rings. The van der Waals surface area contributed by atoms with Crippen molar-refractivity contribution in [1.29, 1.82) is 0 Å². The maximum absolute atomic E-state index is 12.1. The summed E-state index contributed by atoms with van der Waals surface area (Å²) in [5.74, 6) is -4.08. The fraction of sp³-hybridized carbons (Fsp3) is 0.630. The minimum absolute atomic E-state index is 0.168. The van der Waals surface area contributed by atoms with Crippen LogP contribution in [0.25, 0.3) is 0 Å². The van der Waals surface area contributed by atoms with Crippen LogP contribution in [0.5, 0.6) is 0 Å². The van der Waals surface area contributed by atoms with E-state index in [1.54, 1.807) is 0 Å². The van der Waals surface area contributed by atoms with Crippen molar-refractivity contribution < 1.29 is 71.4 Å². The van der Waals surface area contributed by atoms with Crippen LogP contribution in [-0.4, -0.2) is 107 Å². The molecule has 45 heavy (non-hydrogen) atoms. The van der Waals surface area contributed by atoms with Gasteiger partial charge in [-0.25, -0.2) is 4.68 Å². The third kappa shape index (κ3) is 10.6. The van der Waals surface area contributed by atoms with Crippen molar-refractivity contribution in [3.8, 4) is 0 Å². The molecule has 248 valence electrons. The summed E-state index contributed by atoms with van der Waals surface area (Å²) in [6.07, 6.45) is -4.75. The first-order chi connectivity index (χ1) is 21.2. The van der Waals surface area contributed by atoms with E-state index in [9.17, 15) is 28.8 Å². The lowest BCUT2D eigenvalue weighted by Gasteiger charge is -2.44. The van der Waals surface area contributed by atoms with Crippen molar-refractivity contribution >= 4 is 35.8 Å². The van der Waals surface area contributed by atoms with Crippen molar-refractivity contribution in [2.45, 2.75) is 97.3 Å². The van der Waals surface area contributed by atoms with Crippen LogP contribution in [0.3, 0.4) is 0 Å². The van der Waals surface area contributed by atoms with E-state index in [0.29, 0.717) is 0 Å². The molecule has 1 saturated heterocycles. The SMILES string of the molecule is CC(=O)OC[C@H]1O[C@@H](n2cc(CO[C@@H]3C=C[C@H](OC(C)=O)[C@@H](COC(C)=O)O3)nn2)[C@H](OC(C)=O)[C@@H](OC(C)=O)[C@@H]1OC(C)=O. The van der Waals surface area contributed by atoms with Crippen molar-refractivity contribution in [3.63, 3.8) is 0 Å². The molecule has 3 heterocycles. The predicted molar refractivity (Wildman–Crippen MR) is 142 cm³/mol. The molecule has 0 saturated carbocycles. The fourth-order valence-corrected chi connectivity index (χ4v) is 4.44. The molecule has 18 nitrogen and oxygen atoms in total. The van der Waals surface area contributed by atoms with E-state index in [2.05, 4.69) is 10.3 Å². The van der Waals surface area contributed by atoms with Crippen LogP contribution in [0.1, 0.15) is 53.5 Å². The standard InChI is InChI=1S/C27H35N3O15/c1-13(31)37-11-21-20(40-15(3)33)7-8-23(44-21)39-10-19-9-30(29-28-19)27-26(43-18(6)36)25(42-17(5)35)24(41-16(4)34)22(45-27)12-38-14(2)32/h7-9,20-27H,10-12H2,1-6H3/t20-,21+,22+,23-,24+,25-,26+,27+/m0/s1. The average Bonchev–Trinajstić information content (AvgIpc) is 3.40. The Labute approximate surface area is 257 Å². The molecule has 0 N–H and O–H groups in total. The third-order valence-electron chi connectivity index (χ3n) is 6.07. The number of rotatable bonds is 12. The molecule has 0 radical (unpaired) electrons. The second-order valence-electron chi connectivity index (χ2n) is 9.90. The number of hydrogen-bond acceptors (Lipinski definition) is 17. The minimum atomic E-state index is -1.39. The summed E-state index contributed by atoms with van der Waals surface area (Å²) in [6, 6.07) is 0. The molecular formula is C27H35N3O15. The fourth-order valence-electron chi connectivity index (χ4n) is 4.44. The maximum Gasteiger partial charge on any atom is 0.303 e. The number of aromatic nitrogens is 3. The molecule has 1 aromatic heterocycles. The van der Waals surface area contributed by atoms with Crippen molar-refractivity contribution in [1.82, 2.24) is 15.0 Å². The highest BCUT2D eigenvalue weighted by atomic mass is 16.7. The highest BCUT2D eigenvalue weighted by molar-refractivity contribution is 5.69. The Morgan fingerprint density at radius 3 is 1.82 bits per heavy atom. The summed E-state index contributed by atoms with van der Waals surface area (Å²) in [5.41, 5.74) is 0.249. The highest BCUT2D eigenvalue weighted by Crippen LogP contribution is 2.34. The van der Waals surface area contributed by atoms with Gasteiger partial charge in [-0.05, 0) is 12.2 Å². The molecule has 1 fully saturated rings. The molecule has 0 aromatic carbocycles. The van der Waals surface area contributed by atoms with Gasteiger partial charge in [0.1, 0.15) is 37.2 Å². The first kappa shape index (κ1) is 35.1. The van der Waals surface area contributed by atoms with Gasteiger partial charge in [0, 0.05) is 41.5 Å². The third-order valence-corrected chi connectivity index (χ3v) is 6.07. The Morgan fingerprint density at radius 1 is 0.689 bits per heavy atom. The Balaban J connectivity index is 1.82. The molecule has 0 unspecified atom stereocenters. The molecule has 3 rings (SSSR count). The summed E-state index contributed by atoms with van der Waals surface area (Å²) >= 11 is 0. The van der Waals surface area contributed by atoms with E-state index in [-0.39, 0.29) is 18.9 Å². The van der Waals surface area contributed by atoms with Crippen LogP contribution in [0.15, 0.2) is 18.3 Å². The van der Waals surface area contributed by atoms with Gasteiger partial charge in [0.25, 0.3) is 0 Å². The molecule has 0 amide bonds. The first-order valence-corrected chi connectivity index (χ1v) is 13.7. The highest BCUT2D eigenvalue weighted by Gasteiger charge is 2.53. The number of ether oxygens (including phenoxy) is 9. The van der Waals surface area contributed by atoms with Crippen LogP contribution in [0.2, 0.25) is 0 Å². The molecule has 2 aliphatic heterocycles. The topological polar surface area (TPSA) is 216 Å². The van der Waals surface area contributed by atoms with Gasteiger partial charge in [0.2, 0.25) is 0 Å². The second-order valence-corrected chi connectivity index (χ2v) is 9.90. The van der Waals surface area contributed by atoms with Crippen molar-refractivity contribution in [3.05, 3.63) is 24.0 Å². The number of carbonyl (C=O) groups is 6. The average molecular weight is 642 g/mol. The molecule has 18 heteroatoms. The zero-order valence-electron chi connectivity index (χ0n) is 25.4. The van der Waals surface area contributed by atoms with E-state index in [1.807, 2.05) is 0 Å². The Kier molecular flexibility index (Phi) is 12.5. The Morgan fingerprint density at radius 2 is 1.24 bits per heavy atom. The van der Waals surface area contributed by atoms with Crippen molar-refractivity contribution in [2.75, 3.05) is 13.2 Å². The van der Waals surface area contributed by atoms with Crippen LogP contribution >= 0.6 is 0 Å². The van der Waals surface area contributed by atoms with Gasteiger partial charge >= 0.3 is 35.8 Å². The number of carbonyl (C=O) groups excluding carboxylic acids is 6. The van der Waals surface area contributed by atoms with Gasteiger partial charge in [-0.1, -0.05) is 5.21 Å². The van der Waals surface area contributed by atoms with Crippen LogP contribution in [-0.2, 0) is 78.0 Å². The molecule has 8 atom stereocenters. The van der Waals surface area contributed by atoms with E-state index in [0.717, 1.165) is 27.7 Å².